The Labute approximate surface area is 162 Å². The van der Waals surface area contributed by atoms with Gasteiger partial charge in [0.15, 0.2) is 5.96 Å². The number of benzene rings is 1. The third-order valence-corrected chi connectivity index (χ3v) is 4.67. The first-order chi connectivity index (χ1) is 10.4. The molecule has 0 unspecified atom stereocenters. The zero-order valence-corrected chi connectivity index (χ0v) is 18.2. The van der Waals surface area contributed by atoms with Crippen LogP contribution in [0.1, 0.15) is 26.3 Å². The van der Waals surface area contributed by atoms with Gasteiger partial charge in [0, 0.05) is 24.9 Å². The fourth-order valence-corrected chi connectivity index (χ4v) is 2.07. The highest BCUT2D eigenvalue weighted by molar-refractivity contribution is 14.0. The van der Waals surface area contributed by atoms with Crippen LogP contribution in [-0.4, -0.2) is 49.1 Å². The lowest BCUT2D eigenvalue weighted by Gasteiger charge is -2.25. The summed E-state index contributed by atoms with van der Waals surface area (Å²) in [4.78, 5) is 6.93. The third kappa shape index (κ3) is 8.15. The van der Waals surface area contributed by atoms with Crippen LogP contribution in [0.25, 0.3) is 0 Å². The molecule has 1 aromatic rings. The second kappa shape index (κ2) is 11.0. The standard InChI is InChI=1S/C17H29N3OS.HI/c1-7-18-16(19-13-17(2,3)22-6)20(4)12-14-8-10-15(21-5)11-9-14;/h8-11H,7,12-13H2,1-6H3,(H,18,19);1H. The van der Waals surface area contributed by atoms with Crippen LogP contribution < -0.4 is 10.1 Å². The molecular formula is C17H30IN3OS. The topological polar surface area (TPSA) is 36.9 Å². The summed E-state index contributed by atoms with van der Waals surface area (Å²) in [6.45, 7) is 9.00. The molecule has 0 atom stereocenters. The Balaban J connectivity index is 0.00000484. The van der Waals surface area contributed by atoms with Gasteiger partial charge in [0.25, 0.3) is 0 Å². The van der Waals surface area contributed by atoms with Gasteiger partial charge in [-0.1, -0.05) is 12.1 Å². The minimum atomic E-state index is 0. The molecule has 0 aliphatic carbocycles. The number of thioether (sulfide) groups is 1. The second-order valence-corrected chi connectivity index (χ2v) is 7.35. The molecule has 0 aromatic heterocycles. The molecule has 132 valence electrons. The van der Waals surface area contributed by atoms with Crippen molar-refractivity contribution in [2.75, 3.05) is 33.5 Å². The minimum Gasteiger partial charge on any atom is -0.497 e. The van der Waals surface area contributed by atoms with Gasteiger partial charge >= 0.3 is 0 Å². The van der Waals surface area contributed by atoms with Crippen molar-refractivity contribution in [2.45, 2.75) is 32.1 Å². The highest BCUT2D eigenvalue weighted by Crippen LogP contribution is 2.21. The second-order valence-electron chi connectivity index (χ2n) is 5.84. The van der Waals surface area contributed by atoms with E-state index in [-0.39, 0.29) is 28.7 Å². The van der Waals surface area contributed by atoms with Crippen LogP contribution in [0.4, 0.5) is 0 Å². The number of nitrogens with zero attached hydrogens (tertiary/aromatic N) is 2. The van der Waals surface area contributed by atoms with Crippen molar-refractivity contribution in [3.8, 4) is 5.75 Å². The summed E-state index contributed by atoms with van der Waals surface area (Å²) in [7, 11) is 3.75. The molecule has 0 amide bonds. The van der Waals surface area contributed by atoms with E-state index in [4.69, 9.17) is 9.73 Å². The molecule has 0 saturated heterocycles. The maximum absolute atomic E-state index is 5.20. The van der Waals surface area contributed by atoms with Gasteiger partial charge in [-0.2, -0.15) is 11.8 Å². The Morgan fingerprint density at radius 1 is 1.30 bits per heavy atom. The lowest BCUT2D eigenvalue weighted by atomic mass is 10.2. The molecule has 1 aromatic carbocycles. The number of nitrogens with one attached hydrogen (secondary N) is 1. The van der Waals surface area contributed by atoms with E-state index >= 15 is 0 Å². The van der Waals surface area contributed by atoms with Crippen molar-refractivity contribution in [3.63, 3.8) is 0 Å². The molecule has 0 spiro atoms. The summed E-state index contributed by atoms with van der Waals surface area (Å²) in [5.41, 5.74) is 1.23. The molecule has 0 fully saturated rings. The van der Waals surface area contributed by atoms with Gasteiger partial charge in [-0.25, -0.2) is 0 Å². The zero-order valence-electron chi connectivity index (χ0n) is 15.0. The van der Waals surface area contributed by atoms with Crippen molar-refractivity contribution in [3.05, 3.63) is 29.8 Å². The van der Waals surface area contributed by atoms with E-state index in [1.54, 1.807) is 7.11 Å². The minimum absolute atomic E-state index is 0. The number of ether oxygens (including phenoxy) is 1. The molecule has 0 aliphatic heterocycles. The van der Waals surface area contributed by atoms with Crippen molar-refractivity contribution < 1.29 is 4.74 Å². The van der Waals surface area contributed by atoms with Gasteiger partial charge in [0.05, 0.1) is 13.7 Å². The quantitative estimate of drug-likeness (QED) is 0.388. The van der Waals surface area contributed by atoms with Crippen molar-refractivity contribution in [1.82, 2.24) is 10.2 Å². The van der Waals surface area contributed by atoms with E-state index < -0.39 is 0 Å². The van der Waals surface area contributed by atoms with Crippen LogP contribution >= 0.6 is 35.7 Å². The van der Waals surface area contributed by atoms with E-state index in [1.807, 2.05) is 23.9 Å². The van der Waals surface area contributed by atoms with Gasteiger partial charge in [0.1, 0.15) is 5.75 Å². The average molecular weight is 451 g/mol. The van der Waals surface area contributed by atoms with Crippen LogP contribution in [0.15, 0.2) is 29.3 Å². The van der Waals surface area contributed by atoms with E-state index in [0.29, 0.717) is 0 Å². The van der Waals surface area contributed by atoms with Gasteiger partial charge in [-0.3, -0.25) is 4.99 Å². The summed E-state index contributed by atoms with van der Waals surface area (Å²) in [5.74, 6) is 1.83. The van der Waals surface area contributed by atoms with Crippen molar-refractivity contribution in [1.29, 1.82) is 0 Å². The highest BCUT2D eigenvalue weighted by atomic mass is 127. The predicted molar refractivity (Wildman–Crippen MR) is 113 cm³/mol. The van der Waals surface area contributed by atoms with Gasteiger partial charge < -0.3 is 15.0 Å². The first-order valence-electron chi connectivity index (χ1n) is 7.59. The molecule has 0 heterocycles. The predicted octanol–water partition coefficient (Wildman–Crippen LogP) is 3.85. The molecule has 1 rings (SSSR count). The number of halogens is 1. The Morgan fingerprint density at radius 2 is 1.91 bits per heavy atom. The van der Waals surface area contributed by atoms with Gasteiger partial charge in [-0.15, -0.1) is 24.0 Å². The molecule has 0 bridgehead atoms. The maximum atomic E-state index is 5.20. The summed E-state index contributed by atoms with van der Waals surface area (Å²) >= 11 is 1.84. The normalized spacial score (nSPS) is 11.7. The number of rotatable bonds is 7. The maximum Gasteiger partial charge on any atom is 0.194 e. The smallest absolute Gasteiger partial charge is 0.194 e. The fourth-order valence-electron chi connectivity index (χ4n) is 1.88. The molecule has 1 N–H and O–H groups in total. The van der Waals surface area contributed by atoms with Crippen molar-refractivity contribution in [2.24, 2.45) is 4.99 Å². The number of hydrogen-bond acceptors (Lipinski definition) is 3. The summed E-state index contributed by atoms with van der Waals surface area (Å²) in [6, 6.07) is 8.16. The SMILES string of the molecule is CCNC(=NCC(C)(C)SC)N(C)Cc1ccc(OC)cc1.I. The van der Waals surface area contributed by atoms with E-state index in [2.05, 4.69) is 56.4 Å². The Bertz CT molecular complexity index is 477. The molecule has 0 saturated carbocycles. The number of methoxy groups -OCH3 is 1. The largest absolute Gasteiger partial charge is 0.497 e. The summed E-state index contributed by atoms with van der Waals surface area (Å²) in [6.07, 6.45) is 2.13. The van der Waals surface area contributed by atoms with E-state index in [0.717, 1.165) is 31.3 Å². The molecule has 4 nitrogen and oxygen atoms in total. The van der Waals surface area contributed by atoms with Crippen LogP contribution in [-0.2, 0) is 6.54 Å². The Kier molecular flexibility index (Phi) is 10.7. The first-order valence-corrected chi connectivity index (χ1v) is 8.82. The first kappa shape index (κ1) is 22.4. The summed E-state index contributed by atoms with van der Waals surface area (Å²) in [5, 5.41) is 3.36. The zero-order chi connectivity index (χ0) is 16.6. The van der Waals surface area contributed by atoms with Crippen LogP contribution in [0.5, 0.6) is 5.75 Å². The molecule has 23 heavy (non-hydrogen) atoms. The molecule has 0 aliphatic rings. The van der Waals surface area contributed by atoms with Crippen LogP contribution in [0.3, 0.4) is 0 Å². The monoisotopic (exact) mass is 451 g/mol. The van der Waals surface area contributed by atoms with Crippen LogP contribution in [0, 0.1) is 0 Å². The van der Waals surface area contributed by atoms with Gasteiger partial charge in [-0.05, 0) is 44.7 Å². The number of guanidine groups is 1. The third-order valence-electron chi connectivity index (χ3n) is 3.44. The molecular weight excluding hydrogens is 421 g/mol. The van der Waals surface area contributed by atoms with E-state index in [1.165, 1.54) is 5.56 Å². The van der Waals surface area contributed by atoms with Gasteiger partial charge in [0.2, 0.25) is 0 Å². The Morgan fingerprint density at radius 3 is 2.39 bits per heavy atom. The summed E-state index contributed by atoms with van der Waals surface area (Å²) < 4.78 is 5.35. The van der Waals surface area contributed by atoms with Crippen LogP contribution in [0.2, 0.25) is 0 Å². The lowest BCUT2D eigenvalue weighted by molar-refractivity contribution is 0.414. The fraction of sp³-hybridized carbons (Fsp3) is 0.588. The lowest BCUT2D eigenvalue weighted by Crippen LogP contribution is -2.39. The number of hydrogen-bond donors (Lipinski definition) is 1. The van der Waals surface area contributed by atoms with E-state index in [9.17, 15) is 0 Å². The Hall–Kier alpha value is -0.630. The van der Waals surface area contributed by atoms with Crippen molar-refractivity contribution >= 4 is 41.7 Å². The molecule has 0 radical (unpaired) electrons. The molecule has 6 heteroatoms. The average Bonchev–Trinajstić information content (AvgIpc) is 2.52. The highest BCUT2D eigenvalue weighted by Gasteiger charge is 2.16. The number of aliphatic imine (C=N–C) groups is 1.